The maximum absolute atomic E-state index is 15.7. The number of sulfonamides is 1. The highest BCUT2D eigenvalue weighted by Crippen LogP contribution is 2.39. The van der Waals surface area contributed by atoms with Crippen molar-refractivity contribution in [1.29, 1.82) is 0 Å². The molecule has 0 bridgehead atoms. The predicted octanol–water partition coefficient (Wildman–Crippen LogP) is 4.75. The first-order valence-corrected chi connectivity index (χ1v) is 14.5. The summed E-state index contributed by atoms with van der Waals surface area (Å²) in [4.78, 5) is 12.9. The molecule has 3 heterocycles. The fourth-order valence-corrected chi connectivity index (χ4v) is 7.72. The molecule has 2 aliphatic heterocycles. The molecule has 0 spiro atoms. The zero-order valence-electron chi connectivity index (χ0n) is 21.8. The molecule has 11 heteroatoms. The van der Waals surface area contributed by atoms with Crippen molar-refractivity contribution in [3.05, 3.63) is 88.3 Å². The van der Waals surface area contributed by atoms with Crippen molar-refractivity contribution in [2.24, 2.45) is 0 Å². The molecule has 0 saturated carbocycles. The maximum atomic E-state index is 15.7. The second kappa shape index (κ2) is 10.8. The molecule has 2 saturated heterocycles. The van der Waals surface area contributed by atoms with Crippen LogP contribution in [0.15, 0.2) is 53.1 Å². The van der Waals surface area contributed by atoms with E-state index in [0.29, 0.717) is 24.2 Å². The van der Waals surface area contributed by atoms with Gasteiger partial charge in [0.05, 0.1) is 5.54 Å². The Hall–Kier alpha value is -3.15. The van der Waals surface area contributed by atoms with Gasteiger partial charge in [0.2, 0.25) is 10.0 Å². The van der Waals surface area contributed by atoms with Crippen LogP contribution < -0.4 is 5.32 Å². The van der Waals surface area contributed by atoms with Crippen molar-refractivity contribution >= 4 is 15.9 Å². The van der Waals surface area contributed by atoms with Crippen LogP contribution in [0.2, 0.25) is 0 Å². The van der Waals surface area contributed by atoms with Crippen molar-refractivity contribution in [2.45, 2.75) is 62.9 Å². The highest BCUT2D eigenvalue weighted by atomic mass is 32.2. The van der Waals surface area contributed by atoms with Crippen LogP contribution in [0.3, 0.4) is 0 Å². The van der Waals surface area contributed by atoms with Crippen LogP contribution in [-0.4, -0.2) is 43.0 Å². The number of aromatic nitrogens is 1. The third-order valence-electron chi connectivity index (χ3n) is 7.73. The number of benzene rings is 2. The lowest BCUT2D eigenvalue weighted by Gasteiger charge is -2.39. The SMILES string of the molecule is Cc1cc(C(=O)NC2(c3cc(F)c(CN4[C@@H](C)CC[C@H](c5ccccc5)S4(=O)=O)cc3F)CCOCC2)no1. The van der Waals surface area contributed by atoms with Gasteiger partial charge in [-0.15, -0.1) is 0 Å². The van der Waals surface area contributed by atoms with Gasteiger partial charge in [0.1, 0.15) is 22.6 Å². The Kier molecular flexibility index (Phi) is 7.58. The molecule has 0 unspecified atom stereocenters. The Labute approximate surface area is 226 Å². The topological polar surface area (TPSA) is 102 Å². The van der Waals surface area contributed by atoms with E-state index >= 15 is 8.78 Å². The zero-order chi connectivity index (χ0) is 27.8. The van der Waals surface area contributed by atoms with Gasteiger partial charge >= 0.3 is 0 Å². The van der Waals surface area contributed by atoms with Crippen molar-refractivity contribution in [2.75, 3.05) is 13.2 Å². The summed E-state index contributed by atoms with van der Waals surface area (Å²) in [5.74, 6) is -1.60. The van der Waals surface area contributed by atoms with Gasteiger partial charge in [0.15, 0.2) is 5.69 Å². The number of carbonyl (C=O) groups excluding carboxylic acids is 1. The van der Waals surface area contributed by atoms with Crippen LogP contribution in [0.5, 0.6) is 0 Å². The van der Waals surface area contributed by atoms with Crippen molar-refractivity contribution in [1.82, 2.24) is 14.8 Å². The standard InChI is InChI=1S/C28H31F2N3O5S/c1-18-8-9-26(20-6-4-3-5-7-20)39(35,36)33(18)17-21-15-24(30)22(16-23(21)29)28(10-12-37-13-11-28)31-27(34)25-14-19(2)38-32-25/h3-7,14-16,18,26H,8-13,17H2,1-2H3,(H,31,34)/t18-,26+/m0/s1. The molecule has 5 rings (SSSR count). The number of nitrogens with zero attached hydrogens (tertiary/aromatic N) is 2. The molecular formula is C28H31F2N3O5S. The summed E-state index contributed by atoms with van der Waals surface area (Å²) in [5, 5.41) is 5.81. The van der Waals surface area contributed by atoms with Crippen LogP contribution in [0.1, 0.15) is 70.8 Å². The lowest BCUT2D eigenvalue weighted by atomic mass is 9.81. The molecule has 1 N–H and O–H groups in total. The number of ether oxygens (including phenoxy) is 1. The number of aryl methyl sites for hydroxylation is 1. The minimum atomic E-state index is -3.83. The van der Waals surface area contributed by atoms with Gasteiger partial charge in [0, 0.05) is 43.0 Å². The minimum absolute atomic E-state index is 0.0164. The van der Waals surface area contributed by atoms with Gasteiger partial charge in [-0.3, -0.25) is 4.79 Å². The summed E-state index contributed by atoms with van der Waals surface area (Å²) in [6.07, 6.45) is 1.50. The quantitative estimate of drug-likeness (QED) is 0.468. The van der Waals surface area contributed by atoms with Gasteiger partial charge in [-0.05, 0) is 57.2 Å². The van der Waals surface area contributed by atoms with Crippen molar-refractivity contribution < 1.29 is 31.3 Å². The van der Waals surface area contributed by atoms with E-state index < -0.39 is 38.4 Å². The molecule has 2 aliphatic rings. The molecule has 0 radical (unpaired) electrons. The number of halogens is 2. The average molecular weight is 560 g/mol. The number of rotatable bonds is 6. The summed E-state index contributed by atoms with van der Waals surface area (Å²) in [6, 6.07) is 12.1. The molecule has 0 aliphatic carbocycles. The van der Waals surface area contributed by atoms with Crippen LogP contribution in [0.4, 0.5) is 8.78 Å². The molecule has 208 valence electrons. The van der Waals surface area contributed by atoms with Crippen molar-refractivity contribution in [3.63, 3.8) is 0 Å². The Morgan fingerprint density at radius 2 is 1.82 bits per heavy atom. The normalized spacial score (nSPS) is 22.9. The highest BCUT2D eigenvalue weighted by Gasteiger charge is 2.42. The van der Waals surface area contributed by atoms with E-state index in [1.54, 1.807) is 38.1 Å². The minimum Gasteiger partial charge on any atom is -0.381 e. The predicted molar refractivity (Wildman–Crippen MR) is 139 cm³/mol. The summed E-state index contributed by atoms with van der Waals surface area (Å²) in [7, 11) is -3.83. The molecule has 8 nitrogen and oxygen atoms in total. The van der Waals surface area contributed by atoms with Gasteiger partial charge in [-0.25, -0.2) is 17.2 Å². The van der Waals surface area contributed by atoms with E-state index in [9.17, 15) is 13.2 Å². The lowest BCUT2D eigenvalue weighted by molar-refractivity contribution is 0.0329. The summed E-state index contributed by atoms with van der Waals surface area (Å²) >= 11 is 0. The fourth-order valence-electron chi connectivity index (χ4n) is 5.53. The number of amides is 1. The van der Waals surface area contributed by atoms with E-state index in [0.717, 1.165) is 12.1 Å². The van der Waals surface area contributed by atoms with Gasteiger partial charge < -0.3 is 14.6 Å². The second-order valence-electron chi connectivity index (χ2n) is 10.3. The van der Waals surface area contributed by atoms with Crippen LogP contribution >= 0.6 is 0 Å². The van der Waals surface area contributed by atoms with Gasteiger partial charge in [-0.2, -0.15) is 4.31 Å². The van der Waals surface area contributed by atoms with E-state index in [2.05, 4.69) is 10.5 Å². The molecule has 2 aromatic carbocycles. The number of hydrogen-bond acceptors (Lipinski definition) is 6. The number of nitrogens with one attached hydrogen (secondary N) is 1. The van der Waals surface area contributed by atoms with E-state index in [-0.39, 0.29) is 55.5 Å². The summed E-state index contributed by atoms with van der Waals surface area (Å²) in [5.41, 5.74) is -0.600. The first-order valence-electron chi connectivity index (χ1n) is 13.0. The third kappa shape index (κ3) is 5.35. The molecular weight excluding hydrogens is 528 g/mol. The van der Waals surface area contributed by atoms with Gasteiger partial charge in [0.25, 0.3) is 5.91 Å². The third-order valence-corrected chi connectivity index (χ3v) is 10.1. The zero-order valence-corrected chi connectivity index (χ0v) is 22.6. The molecule has 2 fully saturated rings. The largest absolute Gasteiger partial charge is 0.381 e. The van der Waals surface area contributed by atoms with E-state index in [4.69, 9.17) is 9.26 Å². The first kappa shape index (κ1) is 27.4. The van der Waals surface area contributed by atoms with E-state index in [1.165, 1.54) is 10.4 Å². The van der Waals surface area contributed by atoms with Gasteiger partial charge in [-0.1, -0.05) is 35.5 Å². The monoisotopic (exact) mass is 559 g/mol. The molecule has 2 atom stereocenters. The maximum Gasteiger partial charge on any atom is 0.274 e. The molecule has 39 heavy (non-hydrogen) atoms. The Morgan fingerprint density at radius 1 is 1.10 bits per heavy atom. The Bertz CT molecular complexity index is 1460. The number of hydrogen-bond donors (Lipinski definition) is 1. The smallest absolute Gasteiger partial charge is 0.274 e. The van der Waals surface area contributed by atoms with Crippen molar-refractivity contribution in [3.8, 4) is 0 Å². The van der Waals surface area contributed by atoms with Crippen LogP contribution in [0, 0.1) is 18.6 Å². The first-order chi connectivity index (χ1) is 18.6. The second-order valence-corrected chi connectivity index (χ2v) is 12.4. The lowest BCUT2D eigenvalue weighted by Crippen LogP contribution is -2.50. The average Bonchev–Trinajstić information content (AvgIpc) is 3.35. The summed E-state index contributed by atoms with van der Waals surface area (Å²) in [6.45, 7) is 3.61. The van der Waals surface area contributed by atoms with E-state index in [1.807, 2.05) is 6.07 Å². The highest BCUT2D eigenvalue weighted by molar-refractivity contribution is 7.89. The Morgan fingerprint density at radius 3 is 2.49 bits per heavy atom. The molecule has 1 aromatic heterocycles. The molecule has 3 aromatic rings. The fraction of sp³-hybridized carbons (Fsp3) is 0.429. The Balaban J connectivity index is 1.45. The van der Waals surface area contributed by atoms with Crippen LogP contribution in [-0.2, 0) is 26.8 Å². The number of carbonyl (C=O) groups is 1. The molecule has 1 amide bonds. The van der Waals surface area contributed by atoms with Crippen LogP contribution in [0.25, 0.3) is 0 Å². The summed E-state index contributed by atoms with van der Waals surface area (Å²) < 4.78 is 70.2.